The Balaban J connectivity index is 0.00000220. The lowest BCUT2D eigenvalue weighted by atomic mass is 10.0. The number of hydrogen-bond donors (Lipinski definition) is 1. The van der Waals surface area contributed by atoms with Crippen LogP contribution in [0.15, 0.2) is 67.3 Å². The van der Waals surface area contributed by atoms with Crippen LogP contribution in [0.3, 0.4) is 0 Å². The molecule has 0 radical (unpaired) electrons. The van der Waals surface area contributed by atoms with Crippen molar-refractivity contribution in [2.24, 2.45) is 0 Å². The van der Waals surface area contributed by atoms with E-state index in [0.717, 1.165) is 25.3 Å². The van der Waals surface area contributed by atoms with Gasteiger partial charge in [0.15, 0.2) is 0 Å². The summed E-state index contributed by atoms with van der Waals surface area (Å²) in [7, 11) is 0. The molecule has 0 aromatic heterocycles. The van der Waals surface area contributed by atoms with E-state index in [1.807, 2.05) is 24.3 Å². The zero-order valence-corrected chi connectivity index (χ0v) is 12.9. The molecule has 21 heavy (non-hydrogen) atoms. The summed E-state index contributed by atoms with van der Waals surface area (Å²) in [5, 5.41) is 3.23. The van der Waals surface area contributed by atoms with Crippen molar-refractivity contribution in [1.82, 2.24) is 5.32 Å². The van der Waals surface area contributed by atoms with E-state index in [4.69, 9.17) is 4.74 Å². The van der Waals surface area contributed by atoms with Gasteiger partial charge >= 0.3 is 0 Å². The van der Waals surface area contributed by atoms with Gasteiger partial charge in [0.25, 0.3) is 0 Å². The van der Waals surface area contributed by atoms with Crippen molar-refractivity contribution >= 4 is 12.4 Å². The van der Waals surface area contributed by atoms with Crippen LogP contribution in [0.5, 0.6) is 5.75 Å². The minimum atomic E-state index is 0. The SMILES string of the molecule is C=CCNCCOc1ccccc1Cc1ccccc1.Cl. The highest BCUT2D eigenvalue weighted by Crippen LogP contribution is 2.21. The molecule has 0 heterocycles. The third-order valence-corrected chi connectivity index (χ3v) is 3.04. The van der Waals surface area contributed by atoms with Gasteiger partial charge in [0.05, 0.1) is 0 Å². The Morgan fingerprint density at radius 1 is 1.00 bits per heavy atom. The average molecular weight is 304 g/mol. The Labute approximate surface area is 133 Å². The summed E-state index contributed by atoms with van der Waals surface area (Å²) in [4.78, 5) is 0. The molecule has 2 aromatic rings. The Bertz CT molecular complexity index is 528. The first-order valence-electron chi connectivity index (χ1n) is 6.96. The molecule has 0 spiro atoms. The number of para-hydroxylation sites is 1. The lowest BCUT2D eigenvalue weighted by molar-refractivity contribution is 0.314. The first-order chi connectivity index (χ1) is 9.90. The van der Waals surface area contributed by atoms with E-state index in [-0.39, 0.29) is 12.4 Å². The summed E-state index contributed by atoms with van der Waals surface area (Å²) in [5.74, 6) is 0.969. The predicted molar refractivity (Wildman–Crippen MR) is 91.5 cm³/mol. The molecular formula is C18H22ClNO. The van der Waals surface area contributed by atoms with Crippen molar-refractivity contribution in [2.45, 2.75) is 6.42 Å². The highest BCUT2D eigenvalue weighted by molar-refractivity contribution is 5.85. The zero-order valence-electron chi connectivity index (χ0n) is 12.1. The van der Waals surface area contributed by atoms with E-state index in [0.29, 0.717) is 6.61 Å². The molecule has 0 atom stereocenters. The van der Waals surface area contributed by atoms with Crippen molar-refractivity contribution in [3.63, 3.8) is 0 Å². The molecule has 1 N–H and O–H groups in total. The van der Waals surface area contributed by atoms with Crippen LogP contribution in [0.1, 0.15) is 11.1 Å². The Kier molecular flexibility index (Phi) is 8.25. The Morgan fingerprint density at radius 2 is 1.71 bits per heavy atom. The predicted octanol–water partition coefficient (Wildman–Crippen LogP) is 3.85. The maximum absolute atomic E-state index is 5.86. The van der Waals surface area contributed by atoms with Crippen LogP contribution in [-0.2, 0) is 6.42 Å². The van der Waals surface area contributed by atoms with Gasteiger partial charge in [0, 0.05) is 19.5 Å². The van der Waals surface area contributed by atoms with Crippen LogP contribution >= 0.6 is 12.4 Å². The average Bonchev–Trinajstić information content (AvgIpc) is 2.50. The molecule has 0 amide bonds. The van der Waals surface area contributed by atoms with Crippen LogP contribution < -0.4 is 10.1 Å². The number of hydrogen-bond acceptors (Lipinski definition) is 2. The lowest BCUT2D eigenvalue weighted by Gasteiger charge is -2.11. The Morgan fingerprint density at radius 3 is 2.48 bits per heavy atom. The van der Waals surface area contributed by atoms with Crippen LogP contribution in [0.4, 0.5) is 0 Å². The highest BCUT2D eigenvalue weighted by atomic mass is 35.5. The lowest BCUT2D eigenvalue weighted by Crippen LogP contribution is -2.21. The number of ether oxygens (including phenoxy) is 1. The first-order valence-corrected chi connectivity index (χ1v) is 6.96. The summed E-state index contributed by atoms with van der Waals surface area (Å²) < 4.78 is 5.86. The number of halogens is 1. The summed E-state index contributed by atoms with van der Waals surface area (Å²) >= 11 is 0. The largest absolute Gasteiger partial charge is 0.492 e. The molecule has 0 saturated heterocycles. The van der Waals surface area contributed by atoms with Crippen molar-refractivity contribution in [3.05, 3.63) is 78.4 Å². The van der Waals surface area contributed by atoms with Gasteiger partial charge in [-0.15, -0.1) is 19.0 Å². The quantitative estimate of drug-likeness (QED) is 0.591. The Hall–Kier alpha value is -1.77. The standard InChI is InChI=1S/C18H21NO.ClH/c1-2-12-19-13-14-20-18-11-7-6-10-17(18)15-16-8-4-3-5-9-16;/h2-11,19H,1,12-15H2;1H. The van der Waals surface area contributed by atoms with Gasteiger partial charge < -0.3 is 10.1 Å². The van der Waals surface area contributed by atoms with Gasteiger partial charge in [0.1, 0.15) is 12.4 Å². The summed E-state index contributed by atoms with van der Waals surface area (Å²) in [6.07, 6.45) is 2.75. The number of rotatable bonds is 8. The molecule has 0 aliphatic heterocycles. The van der Waals surface area contributed by atoms with E-state index in [9.17, 15) is 0 Å². The third kappa shape index (κ3) is 6.03. The van der Waals surface area contributed by atoms with E-state index < -0.39 is 0 Å². The fourth-order valence-corrected chi connectivity index (χ4v) is 2.04. The van der Waals surface area contributed by atoms with Crippen LogP contribution in [-0.4, -0.2) is 19.7 Å². The number of benzene rings is 2. The zero-order chi connectivity index (χ0) is 14.0. The molecule has 0 unspecified atom stereocenters. The third-order valence-electron chi connectivity index (χ3n) is 3.04. The van der Waals surface area contributed by atoms with Gasteiger partial charge in [-0.2, -0.15) is 0 Å². The van der Waals surface area contributed by atoms with Crippen molar-refractivity contribution in [3.8, 4) is 5.75 Å². The molecule has 0 aliphatic rings. The fourth-order valence-electron chi connectivity index (χ4n) is 2.04. The smallest absolute Gasteiger partial charge is 0.122 e. The minimum absolute atomic E-state index is 0. The van der Waals surface area contributed by atoms with Gasteiger partial charge in [0.2, 0.25) is 0 Å². The second-order valence-corrected chi connectivity index (χ2v) is 4.61. The highest BCUT2D eigenvalue weighted by Gasteiger charge is 2.03. The van der Waals surface area contributed by atoms with Gasteiger partial charge in [-0.25, -0.2) is 0 Å². The normalized spacial score (nSPS) is 9.71. The van der Waals surface area contributed by atoms with Crippen molar-refractivity contribution < 1.29 is 4.74 Å². The molecule has 2 aromatic carbocycles. The second kappa shape index (κ2) is 10.0. The topological polar surface area (TPSA) is 21.3 Å². The summed E-state index contributed by atoms with van der Waals surface area (Å²) in [6, 6.07) is 18.7. The van der Waals surface area contributed by atoms with E-state index in [1.165, 1.54) is 11.1 Å². The molecule has 112 valence electrons. The number of nitrogens with one attached hydrogen (secondary N) is 1. The molecule has 2 rings (SSSR count). The molecule has 0 saturated carbocycles. The van der Waals surface area contributed by atoms with Crippen molar-refractivity contribution in [2.75, 3.05) is 19.7 Å². The first kappa shape index (κ1) is 17.3. The monoisotopic (exact) mass is 303 g/mol. The molecule has 0 bridgehead atoms. The van der Waals surface area contributed by atoms with Crippen molar-refractivity contribution in [1.29, 1.82) is 0 Å². The van der Waals surface area contributed by atoms with E-state index in [1.54, 1.807) is 0 Å². The van der Waals surface area contributed by atoms with Gasteiger partial charge in [-0.05, 0) is 17.2 Å². The van der Waals surface area contributed by atoms with Crippen LogP contribution in [0, 0.1) is 0 Å². The summed E-state index contributed by atoms with van der Waals surface area (Å²) in [5.41, 5.74) is 2.52. The maximum Gasteiger partial charge on any atom is 0.122 e. The van der Waals surface area contributed by atoms with Gasteiger partial charge in [-0.1, -0.05) is 54.6 Å². The maximum atomic E-state index is 5.86. The van der Waals surface area contributed by atoms with E-state index in [2.05, 4.69) is 48.3 Å². The molecule has 3 heteroatoms. The second-order valence-electron chi connectivity index (χ2n) is 4.61. The fraction of sp³-hybridized carbons (Fsp3) is 0.222. The van der Waals surface area contributed by atoms with Crippen LogP contribution in [0.2, 0.25) is 0 Å². The van der Waals surface area contributed by atoms with Crippen LogP contribution in [0.25, 0.3) is 0 Å². The molecule has 2 nitrogen and oxygen atoms in total. The van der Waals surface area contributed by atoms with E-state index >= 15 is 0 Å². The molecular weight excluding hydrogens is 282 g/mol. The van der Waals surface area contributed by atoms with Gasteiger partial charge in [-0.3, -0.25) is 0 Å². The summed E-state index contributed by atoms with van der Waals surface area (Å²) in [6.45, 7) is 5.98. The molecule has 0 aliphatic carbocycles. The minimum Gasteiger partial charge on any atom is -0.492 e. The molecule has 0 fully saturated rings.